The third-order valence-corrected chi connectivity index (χ3v) is 12.8. The molecule has 3 heteroatoms. The third kappa shape index (κ3) is 18.3. The van der Waals surface area contributed by atoms with Crippen molar-refractivity contribution >= 4 is 11.4 Å². The average molecular weight is 840 g/mol. The molecule has 332 valence electrons. The molecule has 0 bridgehead atoms. The van der Waals surface area contributed by atoms with E-state index in [-0.39, 0.29) is 31.3 Å². The van der Waals surface area contributed by atoms with Gasteiger partial charge in [0.15, 0.2) is 0 Å². The fourth-order valence-corrected chi connectivity index (χ4v) is 9.41. The Morgan fingerprint density at radius 3 is 0.983 bits per heavy atom. The number of aryl methyl sites for hydroxylation is 4. The fraction of sp³-hybridized carbons (Fsp3) is 0.673. The van der Waals surface area contributed by atoms with Gasteiger partial charge in [0, 0.05) is 22.8 Å². The van der Waals surface area contributed by atoms with Crippen molar-refractivity contribution < 1.29 is 21.2 Å². The van der Waals surface area contributed by atoms with Gasteiger partial charge in [-0.2, -0.15) is 0 Å². The second kappa shape index (κ2) is 33.7. The van der Waals surface area contributed by atoms with Gasteiger partial charge in [0.05, 0.1) is 0 Å². The van der Waals surface area contributed by atoms with Crippen LogP contribution in [0.5, 0.6) is 0 Å². The first-order valence-corrected chi connectivity index (χ1v) is 24.2. The summed E-state index contributed by atoms with van der Waals surface area (Å²) in [6.07, 6.45) is 42.1. The van der Waals surface area contributed by atoms with E-state index in [1.54, 1.807) is 4.70 Å². The number of unbranched alkanes of at least 4 members (excludes halogenated alkanes) is 22. The maximum atomic E-state index is 12.0. The van der Waals surface area contributed by atoms with E-state index in [2.05, 4.69) is 78.8 Å². The number of allylic oxidation sites excluding steroid dienone is 2. The van der Waals surface area contributed by atoms with Gasteiger partial charge in [-0.15, -0.1) is 0 Å². The Bertz CT molecular complexity index is 1410. The van der Waals surface area contributed by atoms with Crippen LogP contribution >= 0.6 is 0 Å². The van der Waals surface area contributed by atoms with Crippen molar-refractivity contribution in [1.82, 2.24) is 0 Å². The van der Waals surface area contributed by atoms with E-state index in [4.69, 9.17) is 0 Å². The van der Waals surface area contributed by atoms with E-state index in [0.717, 1.165) is 61.9 Å². The summed E-state index contributed by atoms with van der Waals surface area (Å²) >= 11 is 0. The van der Waals surface area contributed by atoms with Gasteiger partial charge in [0.2, 0.25) is 11.4 Å². The SMILES string of the molecule is CCCCCCCCCCCCCCCCCCCCCCCCCC1=C(c2cc(CC)c(CC)c(CC)c2)[N+](=[N-])C(c2cc(CC)c(CC)c(CC)c2)=C1.[CH3-].[CH3-].[Ni+2]. The quantitative estimate of drug-likeness (QED) is 0.0304. The van der Waals surface area contributed by atoms with Gasteiger partial charge in [-0.3, -0.25) is 0 Å². The normalized spacial score (nSPS) is 12.4. The van der Waals surface area contributed by atoms with Gasteiger partial charge >= 0.3 is 16.5 Å². The second-order valence-corrected chi connectivity index (χ2v) is 16.9. The molecule has 58 heavy (non-hydrogen) atoms. The smallest absolute Gasteiger partial charge is 0.493 e. The summed E-state index contributed by atoms with van der Waals surface area (Å²) in [5, 5.41) is 0. The van der Waals surface area contributed by atoms with E-state index in [1.807, 2.05) is 0 Å². The minimum Gasteiger partial charge on any atom is -0.493 e. The summed E-state index contributed by atoms with van der Waals surface area (Å²) in [4.78, 5) is 0. The molecule has 0 fully saturated rings. The zero-order valence-corrected chi connectivity index (χ0v) is 40.8. The third-order valence-electron chi connectivity index (χ3n) is 12.8. The predicted octanol–water partition coefficient (Wildman–Crippen LogP) is 18.1. The van der Waals surface area contributed by atoms with Crippen LogP contribution < -0.4 is 0 Å². The topological polar surface area (TPSA) is 25.3 Å². The zero-order chi connectivity index (χ0) is 39.7. The molecule has 0 amide bonds. The van der Waals surface area contributed by atoms with Crippen LogP contribution in [0.3, 0.4) is 0 Å². The first-order chi connectivity index (χ1) is 27.0. The van der Waals surface area contributed by atoms with Crippen molar-refractivity contribution in [3.05, 3.63) is 101 Å². The van der Waals surface area contributed by atoms with Crippen molar-refractivity contribution in [2.45, 2.75) is 241 Å². The molecule has 0 N–H and O–H groups in total. The molecule has 0 atom stereocenters. The van der Waals surface area contributed by atoms with Crippen LogP contribution in [0.25, 0.3) is 16.9 Å². The van der Waals surface area contributed by atoms with E-state index < -0.39 is 0 Å². The van der Waals surface area contributed by atoms with E-state index in [9.17, 15) is 5.53 Å². The van der Waals surface area contributed by atoms with Crippen molar-refractivity contribution in [3.63, 3.8) is 0 Å². The maximum Gasteiger partial charge on any atom is 2.00 e. The first-order valence-electron chi connectivity index (χ1n) is 24.2. The Balaban J connectivity index is 0.0000108. The van der Waals surface area contributed by atoms with Crippen LogP contribution in [0.1, 0.15) is 247 Å². The molecule has 2 aromatic rings. The largest absolute Gasteiger partial charge is 2.00 e. The molecule has 0 unspecified atom stereocenters. The van der Waals surface area contributed by atoms with Gasteiger partial charge in [0.1, 0.15) is 0 Å². The minimum absolute atomic E-state index is 0. The van der Waals surface area contributed by atoms with Gasteiger partial charge < -0.3 is 20.4 Å². The summed E-state index contributed by atoms with van der Waals surface area (Å²) in [5.41, 5.74) is 26.3. The molecule has 0 saturated heterocycles. The van der Waals surface area contributed by atoms with Gasteiger partial charge in [-0.1, -0.05) is 190 Å². The molecule has 3 rings (SSSR count). The summed E-state index contributed by atoms with van der Waals surface area (Å²) < 4.78 is 1.55. The molecule has 2 aromatic carbocycles. The molecule has 1 aliphatic rings. The average Bonchev–Trinajstić information content (AvgIpc) is 3.54. The molecule has 1 aliphatic heterocycles. The molecule has 0 spiro atoms. The Hall–Kier alpha value is -1.99. The van der Waals surface area contributed by atoms with Crippen LogP contribution in [-0.4, -0.2) is 4.70 Å². The number of rotatable bonds is 32. The van der Waals surface area contributed by atoms with Crippen LogP contribution in [0, 0.1) is 14.9 Å². The molecule has 2 nitrogen and oxygen atoms in total. The van der Waals surface area contributed by atoms with E-state index in [0.29, 0.717) is 0 Å². The molecular formula is C55H92N2Ni. The molecule has 0 radical (unpaired) electrons. The number of hydrogen-bond acceptors (Lipinski definition) is 0. The molecule has 0 aromatic heterocycles. The zero-order valence-electron chi connectivity index (χ0n) is 39.8. The molecule has 0 aliphatic carbocycles. The van der Waals surface area contributed by atoms with E-state index >= 15 is 0 Å². The van der Waals surface area contributed by atoms with Gasteiger partial charge in [-0.25, -0.2) is 4.70 Å². The Kier molecular flexibility index (Phi) is 32.5. The number of hydrogen-bond donors (Lipinski definition) is 0. The monoisotopic (exact) mass is 839 g/mol. The number of benzene rings is 2. The van der Waals surface area contributed by atoms with E-state index in [1.165, 1.54) is 192 Å². The molecular weight excluding hydrogens is 747 g/mol. The number of nitrogens with zero attached hydrogens (tertiary/aromatic N) is 2. The van der Waals surface area contributed by atoms with Crippen LogP contribution in [0.15, 0.2) is 35.9 Å². The second-order valence-electron chi connectivity index (χ2n) is 16.9. The van der Waals surface area contributed by atoms with Crippen molar-refractivity contribution in [2.75, 3.05) is 0 Å². The summed E-state index contributed by atoms with van der Waals surface area (Å²) in [7, 11) is 0. The maximum absolute atomic E-state index is 12.0. The van der Waals surface area contributed by atoms with Gasteiger partial charge in [0.25, 0.3) is 0 Å². The van der Waals surface area contributed by atoms with Crippen molar-refractivity contribution in [3.8, 4) is 0 Å². The van der Waals surface area contributed by atoms with Crippen LogP contribution in [-0.2, 0) is 55.0 Å². The first kappa shape index (κ1) is 56.0. The standard InChI is InChI=1S/C53H86N2.2CH3.Ni/c1-8-15-16-17-18-19-20-21-22-23-24-25-26-27-28-29-30-31-32-33-34-35-36-37-47-42-52(48-38-43(9-2)50(13-6)44(10-3)39-48)55(54)53(47)49-40-45(11-4)51(14-7)46(12-5)41-49;;;/h38-42H,8-37H2,1-7H3;2*1H3;/q;2*-1;+2. The van der Waals surface area contributed by atoms with Crippen molar-refractivity contribution in [1.29, 1.82) is 0 Å². The Morgan fingerprint density at radius 1 is 0.397 bits per heavy atom. The predicted molar refractivity (Wildman–Crippen MR) is 257 cm³/mol. The van der Waals surface area contributed by atoms with Gasteiger partial charge in [-0.05, 0) is 109 Å². The summed E-state index contributed by atoms with van der Waals surface area (Å²) in [6, 6.07) is 9.45. The van der Waals surface area contributed by atoms with Crippen LogP contribution in [0.4, 0.5) is 0 Å². The fourth-order valence-electron chi connectivity index (χ4n) is 9.41. The van der Waals surface area contributed by atoms with Crippen molar-refractivity contribution in [2.24, 2.45) is 0 Å². The summed E-state index contributed by atoms with van der Waals surface area (Å²) in [6.45, 7) is 15.9. The summed E-state index contributed by atoms with van der Waals surface area (Å²) in [5.74, 6) is 0. The Morgan fingerprint density at radius 2 is 0.690 bits per heavy atom. The Labute approximate surface area is 372 Å². The molecule has 1 heterocycles. The molecule has 0 saturated carbocycles. The minimum atomic E-state index is 0. The van der Waals surface area contributed by atoms with Crippen LogP contribution in [0.2, 0.25) is 0 Å².